The van der Waals surface area contributed by atoms with Crippen molar-refractivity contribution in [3.63, 3.8) is 0 Å². The van der Waals surface area contributed by atoms with Gasteiger partial charge in [-0.15, -0.1) is 0 Å². The number of amides is 2. The molecule has 2 saturated heterocycles. The highest BCUT2D eigenvalue weighted by atomic mass is 32.2. The minimum absolute atomic E-state index is 0.131. The Bertz CT molecular complexity index is 557. The van der Waals surface area contributed by atoms with Crippen LogP contribution in [0.2, 0.25) is 0 Å². The number of hydrogen-bond acceptors (Lipinski definition) is 5. The number of carbonyl (C=O) groups excluding carboxylic acids is 2. The van der Waals surface area contributed by atoms with Gasteiger partial charge in [0.05, 0.1) is 12.0 Å². The topological polar surface area (TPSA) is 132 Å². The smallest absolute Gasteiger partial charge is 0.362 e. The summed E-state index contributed by atoms with van der Waals surface area (Å²) < 4.78 is 30.9. The molecule has 0 aromatic heterocycles. The highest BCUT2D eigenvalue weighted by Crippen LogP contribution is 2.32. The van der Waals surface area contributed by atoms with Gasteiger partial charge in [0.25, 0.3) is 5.91 Å². The van der Waals surface area contributed by atoms with Gasteiger partial charge in [-0.2, -0.15) is 8.42 Å². The maximum Gasteiger partial charge on any atom is 0.362 e. The maximum atomic E-state index is 11.7. The van der Waals surface area contributed by atoms with E-state index in [4.69, 9.17) is 9.66 Å². The Morgan fingerprint density at radius 3 is 2.32 bits per heavy atom. The SMILES string of the molecule is C[C@H]1[C@H](N2CC(C(=O)O)CC2=O)C(=O)N1S(=O)(=O)O. The molecule has 0 aromatic rings. The summed E-state index contributed by atoms with van der Waals surface area (Å²) in [7, 11) is -4.64. The number of β-lactam (4-membered cyclic amide) rings is 1. The number of rotatable bonds is 3. The van der Waals surface area contributed by atoms with E-state index in [1.807, 2.05) is 0 Å². The normalized spacial score (nSPS) is 31.6. The lowest BCUT2D eigenvalue weighted by Gasteiger charge is -2.46. The zero-order valence-electron chi connectivity index (χ0n) is 9.88. The van der Waals surface area contributed by atoms with Crippen LogP contribution in [0.4, 0.5) is 0 Å². The van der Waals surface area contributed by atoms with Crippen molar-refractivity contribution in [1.82, 2.24) is 9.21 Å². The zero-order chi connectivity index (χ0) is 14.5. The number of likely N-dealkylation sites (tertiary alicyclic amines) is 1. The molecule has 1 unspecified atom stereocenters. The molecule has 2 heterocycles. The highest BCUT2D eigenvalue weighted by molar-refractivity contribution is 7.84. The quantitative estimate of drug-likeness (QED) is 0.469. The second-order valence-corrected chi connectivity index (χ2v) is 5.87. The molecule has 106 valence electrons. The summed E-state index contributed by atoms with van der Waals surface area (Å²) in [5.74, 6) is -3.46. The van der Waals surface area contributed by atoms with E-state index in [2.05, 4.69) is 0 Å². The lowest BCUT2D eigenvalue weighted by atomic mass is 9.99. The van der Waals surface area contributed by atoms with Crippen molar-refractivity contribution in [2.45, 2.75) is 25.4 Å². The number of carboxylic acids is 1. The highest BCUT2D eigenvalue weighted by Gasteiger charge is 2.56. The summed E-state index contributed by atoms with van der Waals surface area (Å²) in [6, 6.07) is -1.93. The molecule has 10 heteroatoms. The average Bonchev–Trinajstić information content (AvgIpc) is 2.59. The molecule has 2 aliphatic heterocycles. The van der Waals surface area contributed by atoms with Gasteiger partial charge in [-0.25, -0.2) is 4.31 Å². The fourth-order valence-corrected chi connectivity index (χ4v) is 3.34. The van der Waals surface area contributed by atoms with Gasteiger partial charge in [0, 0.05) is 13.0 Å². The molecule has 2 aliphatic rings. The van der Waals surface area contributed by atoms with Crippen LogP contribution in [0.15, 0.2) is 0 Å². The molecule has 0 aliphatic carbocycles. The molecule has 0 bridgehead atoms. The molecule has 2 rings (SSSR count). The predicted octanol–water partition coefficient (Wildman–Crippen LogP) is -1.68. The van der Waals surface area contributed by atoms with Crippen LogP contribution >= 0.6 is 0 Å². The van der Waals surface area contributed by atoms with Gasteiger partial charge in [-0.3, -0.25) is 18.9 Å². The van der Waals surface area contributed by atoms with Crippen molar-refractivity contribution >= 4 is 28.1 Å². The fourth-order valence-electron chi connectivity index (χ4n) is 2.47. The predicted molar refractivity (Wildman–Crippen MR) is 59.1 cm³/mol. The lowest BCUT2D eigenvalue weighted by molar-refractivity contribution is -0.154. The number of aliphatic carboxylic acids is 1. The first-order valence-electron chi connectivity index (χ1n) is 5.47. The van der Waals surface area contributed by atoms with E-state index in [9.17, 15) is 22.8 Å². The van der Waals surface area contributed by atoms with E-state index >= 15 is 0 Å². The van der Waals surface area contributed by atoms with Gasteiger partial charge in [-0.1, -0.05) is 0 Å². The minimum Gasteiger partial charge on any atom is -0.481 e. The fraction of sp³-hybridized carbons (Fsp3) is 0.667. The summed E-state index contributed by atoms with van der Waals surface area (Å²) in [5.41, 5.74) is 0. The zero-order valence-corrected chi connectivity index (χ0v) is 10.7. The summed E-state index contributed by atoms with van der Waals surface area (Å²) >= 11 is 0. The first-order valence-corrected chi connectivity index (χ1v) is 6.87. The van der Waals surface area contributed by atoms with Gasteiger partial charge in [0.1, 0.15) is 6.04 Å². The van der Waals surface area contributed by atoms with Crippen molar-refractivity contribution in [2.24, 2.45) is 5.92 Å². The van der Waals surface area contributed by atoms with E-state index in [0.29, 0.717) is 0 Å². The summed E-state index contributed by atoms with van der Waals surface area (Å²) in [6.45, 7) is 1.23. The summed E-state index contributed by atoms with van der Waals surface area (Å²) in [4.78, 5) is 35.2. The van der Waals surface area contributed by atoms with Crippen molar-refractivity contribution < 1.29 is 32.5 Å². The molecule has 2 amide bonds. The number of carbonyl (C=O) groups is 3. The Kier molecular flexibility index (Phi) is 3.01. The molecule has 0 aromatic carbocycles. The van der Waals surface area contributed by atoms with Crippen molar-refractivity contribution in [2.75, 3.05) is 6.54 Å². The largest absolute Gasteiger partial charge is 0.481 e. The Hall–Kier alpha value is -1.68. The van der Waals surface area contributed by atoms with E-state index in [-0.39, 0.29) is 17.3 Å². The van der Waals surface area contributed by atoms with Gasteiger partial charge in [-0.05, 0) is 6.92 Å². The first kappa shape index (κ1) is 13.7. The van der Waals surface area contributed by atoms with Crippen LogP contribution in [0.1, 0.15) is 13.3 Å². The van der Waals surface area contributed by atoms with Crippen LogP contribution in [0.25, 0.3) is 0 Å². The second-order valence-electron chi connectivity index (χ2n) is 4.58. The molecule has 0 spiro atoms. The molecule has 0 radical (unpaired) electrons. The molecule has 0 saturated carbocycles. The third-order valence-electron chi connectivity index (χ3n) is 3.39. The Balaban J connectivity index is 2.16. The molecular weight excluding hydrogens is 280 g/mol. The van der Waals surface area contributed by atoms with Crippen LogP contribution < -0.4 is 0 Å². The first-order chi connectivity index (χ1) is 8.64. The monoisotopic (exact) mass is 292 g/mol. The van der Waals surface area contributed by atoms with E-state index in [1.165, 1.54) is 6.92 Å². The van der Waals surface area contributed by atoms with Gasteiger partial charge in [0.2, 0.25) is 5.91 Å². The summed E-state index contributed by atoms with van der Waals surface area (Å²) in [6.07, 6.45) is -0.211. The van der Waals surface area contributed by atoms with Crippen molar-refractivity contribution in [3.05, 3.63) is 0 Å². The minimum atomic E-state index is -4.64. The van der Waals surface area contributed by atoms with Crippen LogP contribution in [0.3, 0.4) is 0 Å². The average molecular weight is 292 g/mol. The summed E-state index contributed by atoms with van der Waals surface area (Å²) in [5, 5.41) is 8.82. The van der Waals surface area contributed by atoms with E-state index in [1.54, 1.807) is 0 Å². The van der Waals surface area contributed by atoms with Crippen LogP contribution in [0.5, 0.6) is 0 Å². The van der Waals surface area contributed by atoms with Crippen LogP contribution in [-0.2, 0) is 24.7 Å². The van der Waals surface area contributed by atoms with Crippen LogP contribution in [0, 0.1) is 5.92 Å². The molecule has 9 nitrogen and oxygen atoms in total. The maximum absolute atomic E-state index is 11.7. The Morgan fingerprint density at radius 1 is 1.37 bits per heavy atom. The Labute approximate surface area is 108 Å². The Morgan fingerprint density at radius 2 is 1.95 bits per heavy atom. The molecule has 19 heavy (non-hydrogen) atoms. The van der Waals surface area contributed by atoms with Crippen molar-refractivity contribution in [3.8, 4) is 0 Å². The molecule has 3 atom stereocenters. The lowest BCUT2D eigenvalue weighted by Crippen LogP contribution is -2.71. The van der Waals surface area contributed by atoms with E-state index in [0.717, 1.165) is 4.90 Å². The van der Waals surface area contributed by atoms with Gasteiger partial charge in [0.15, 0.2) is 0 Å². The number of hydrogen-bond donors (Lipinski definition) is 2. The number of nitrogens with zero attached hydrogens (tertiary/aromatic N) is 2. The second kappa shape index (κ2) is 4.17. The van der Waals surface area contributed by atoms with Crippen molar-refractivity contribution in [1.29, 1.82) is 0 Å². The van der Waals surface area contributed by atoms with Gasteiger partial charge >= 0.3 is 16.3 Å². The van der Waals surface area contributed by atoms with Crippen LogP contribution in [-0.4, -0.2) is 63.7 Å². The number of carboxylic acid groups (broad SMARTS) is 1. The molecule has 2 N–H and O–H groups in total. The molecule has 2 fully saturated rings. The standard InChI is InChI=1S/C9H12N2O7S/c1-4-7(8(13)11(4)19(16,17)18)10-3-5(9(14)15)2-6(10)12/h4-5,7H,2-3H2,1H3,(H,14,15)(H,16,17,18)/t4-,5?,7-/m0/s1. The third kappa shape index (κ3) is 2.06. The van der Waals surface area contributed by atoms with Gasteiger partial charge < -0.3 is 10.0 Å². The third-order valence-corrected chi connectivity index (χ3v) is 4.40. The molecular formula is C9H12N2O7S. The van der Waals surface area contributed by atoms with E-state index < -0.39 is 46.1 Å².